The molecule has 3 nitrogen and oxygen atoms in total. The van der Waals surface area contributed by atoms with E-state index < -0.39 is 0 Å². The third-order valence-corrected chi connectivity index (χ3v) is 5.40. The maximum absolute atomic E-state index is 5.31. The van der Waals surface area contributed by atoms with Crippen LogP contribution in [0.15, 0.2) is 0 Å². The molecule has 1 aliphatic carbocycles. The topological polar surface area (TPSA) is 24.5 Å². The molecular weight excluding hydrogens is 260 g/mol. The molecule has 0 aromatic heterocycles. The summed E-state index contributed by atoms with van der Waals surface area (Å²) in [6.07, 6.45) is 5.30. The minimum atomic E-state index is 0.418. The first-order valence-corrected chi connectivity index (χ1v) is 8.92. The van der Waals surface area contributed by atoms with Crippen LogP contribution in [0.25, 0.3) is 0 Å². The van der Waals surface area contributed by atoms with E-state index in [1.807, 2.05) is 0 Å². The molecule has 0 amide bonds. The van der Waals surface area contributed by atoms with Crippen LogP contribution in [0.2, 0.25) is 0 Å². The maximum Gasteiger partial charge on any atom is 0.0589 e. The van der Waals surface area contributed by atoms with Crippen LogP contribution in [-0.2, 0) is 4.74 Å². The van der Waals surface area contributed by atoms with Gasteiger partial charge in [-0.15, -0.1) is 0 Å². The quantitative estimate of drug-likeness (QED) is 0.704. The molecule has 3 heteroatoms. The second-order valence-corrected chi connectivity index (χ2v) is 7.42. The van der Waals surface area contributed by atoms with Gasteiger partial charge in [-0.2, -0.15) is 0 Å². The molecular formula is C18H38N2O. The molecule has 1 saturated carbocycles. The SMILES string of the molecule is CCNC1C(CN(CCOC)C(C)CC)CCCC1(C)C. The van der Waals surface area contributed by atoms with Crippen LogP contribution >= 0.6 is 0 Å². The van der Waals surface area contributed by atoms with Gasteiger partial charge in [0.1, 0.15) is 0 Å². The van der Waals surface area contributed by atoms with Gasteiger partial charge in [0.05, 0.1) is 6.61 Å². The number of nitrogens with one attached hydrogen (secondary N) is 1. The van der Waals surface area contributed by atoms with Gasteiger partial charge in [0.25, 0.3) is 0 Å². The van der Waals surface area contributed by atoms with E-state index in [1.54, 1.807) is 7.11 Å². The summed E-state index contributed by atoms with van der Waals surface area (Å²) in [6, 6.07) is 1.29. The largest absolute Gasteiger partial charge is 0.383 e. The van der Waals surface area contributed by atoms with Crippen LogP contribution in [0.4, 0.5) is 0 Å². The molecule has 0 aromatic carbocycles. The van der Waals surface area contributed by atoms with E-state index in [4.69, 9.17) is 4.74 Å². The van der Waals surface area contributed by atoms with Crippen LogP contribution in [0, 0.1) is 11.3 Å². The highest BCUT2D eigenvalue weighted by molar-refractivity contribution is 4.94. The summed E-state index contributed by atoms with van der Waals surface area (Å²) in [6.45, 7) is 15.9. The first-order chi connectivity index (χ1) is 9.96. The van der Waals surface area contributed by atoms with E-state index in [-0.39, 0.29) is 0 Å². The van der Waals surface area contributed by atoms with Crippen LogP contribution < -0.4 is 5.32 Å². The lowest BCUT2D eigenvalue weighted by molar-refractivity contribution is 0.0538. The van der Waals surface area contributed by atoms with Crippen molar-refractivity contribution in [1.29, 1.82) is 0 Å². The predicted molar refractivity (Wildman–Crippen MR) is 91.8 cm³/mol. The average molecular weight is 299 g/mol. The predicted octanol–water partition coefficient (Wildman–Crippen LogP) is 3.54. The summed E-state index contributed by atoms with van der Waals surface area (Å²) in [7, 11) is 1.81. The third-order valence-electron chi connectivity index (χ3n) is 5.40. The lowest BCUT2D eigenvalue weighted by Gasteiger charge is -2.46. The Morgan fingerprint density at radius 3 is 2.62 bits per heavy atom. The summed E-state index contributed by atoms with van der Waals surface area (Å²) in [4.78, 5) is 2.64. The Balaban J connectivity index is 2.73. The molecule has 0 aliphatic heterocycles. The molecule has 126 valence electrons. The van der Waals surface area contributed by atoms with E-state index >= 15 is 0 Å². The molecule has 1 fully saturated rings. The van der Waals surface area contributed by atoms with Crippen molar-refractivity contribution in [3.63, 3.8) is 0 Å². The second-order valence-electron chi connectivity index (χ2n) is 7.42. The molecule has 0 saturated heterocycles. The van der Waals surface area contributed by atoms with E-state index in [1.165, 1.54) is 32.2 Å². The first kappa shape index (κ1) is 18.9. The summed E-state index contributed by atoms with van der Waals surface area (Å²) < 4.78 is 5.31. The van der Waals surface area contributed by atoms with Crippen LogP contribution in [0.3, 0.4) is 0 Å². The van der Waals surface area contributed by atoms with Gasteiger partial charge in [0.2, 0.25) is 0 Å². The number of ether oxygens (including phenoxy) is 1. The molecule has 1 aliphatic rings. The summed E-state index contributed by atoms with van der Waals surface area (Å²) in [5.74, 6) is 0.763. The van der Waals surface area contributed by atoms with Crippen molar-refractivity contribution in [3.8, 4) is 0 Å². The highest BCUT2D eigenvalue weighted by Gasteiger charge is 2.39. The molecule has 0 heterocycles. The second kappa shape index (κ2) is 9.12. The molecule has 3 unspecified atom stereocenters. The van der Waals surface area contributed by atoms with E-state index in [0.717, 1.165) is 25.6 Å². The Morgan fingerprint density at radius 2 is 2.05 bits per heavy atom. The zero-order chi connectivity index (χ0) is 15.9. The van der Waals surface area contributed by atoms with Crippen molar-refractivity contribution < 1.29 is 4.74 Å². The first-order valence-electron chi connectivity index (χ1n) is 8.92. The molecule has 21 heavy (non-hydrogen) atoms. The van der Waals surface area contributed by atoms with Gasteiger partial charge in [0, 0.05) is 32.3 Å². The van der Waals surface area contributed by atoms with E-state index in [2.05, 4.69) is 44.8 Å². The van der Waals surface area contributed by atoms with E-state index in [9.17, 15) is 0 Å². The molecule has 0 spiro atoms. The Bertz CT molecular complexity index is 280. The molecule has 1 N–H and O–H groups in total. The third kappa shape index (κ3) is 5.54. The van der Waals surface area contributed by atoms with Crippen molar-refractivity contribution in [2.24, 2.45) is 11.3 Å². The number of nitrogens with zero attached hydrogens (tertiary/aromatic N) is 1. The van der Waals surface area contributed by atoms with Gasteiger partial charge in [-0.25, -0.2) is 0 Å². The summed E-state index contributed by atoms with van der Waals surface area (Å²) in [5.41, 5.74) is 0.418. The van der Waals surface area contributed by atoms with Crippen molar-refractivity contribution in [2.45, 2.75) is 72.4 Å². The highest BCUT2D eigenvalue weighted by atomic mass is 16.5. The van der Waals surface area contributed by atoms with Gasteiger partial charge in [-0.1, -0.05) is 34.1 Å². The van der Waals surface area contributed by atoms with Gasteiger partial charge < -0.3 is 10.1 Å². The van der Waals surface area contributed by atoms with Gasteiger partial charge in [-0.05, 0) is 44.1 Å². The number of methoxy groups -OCH3 is 1. The Morgan fingerprint density at radius 1 is 1.33 bits per heavy atom. The van der Waals surface area contributed by atoms with Crippen LogP contribution in [-0.4, -0.2) is 50.3 Å². The zero-order valence-electron chi connectivity index (χ0n) is 15.2. The van der Waals surface area contributed by atoms with Crippen LogP contribution in [0.1, 0.15) is 60.3 Å². The van der Waals surface area contributed by atoms with E-state index in [0.29, 0.717) is 17.5 Å². The fraction of sp³-hybridized carbons (Fsp3) is 1.00. The molecule has 1 rings (SSSR count). The minimum absolute atomic E-state index is 0.418. The van der Waals surface area contributed by atoms with Gasteiger partial charge in [-0.3, -0.25) is 4.90 Å². The number of rotatable bonds is 9. The maximum atomic E-state index is 5.31. The molecule has 0 bridgehead atoms. The van der Waals surface area contributed by atoms with Gasteiger partial charge in [0.15, 0.2) is 0 Å². The standard InChI is InChI=1S/C18H38N2O/c1-7-15(3)20(12-13-21-6)14-16-10-9-11-18(4,5)17(16)19-8-2/h15-17,19H,7-14H2,1-6H3. The fourth-order valence-electron chi connectivity index (χ4n) is 3.90. The smallest absolute Gasteiger partial charge is 0.0589 e. The Kier molecular flexibility index (Phi) is 8.22. The van der Waals surface area contributed by atoms with Gasteiger partial charge >= 0.3 is 0 Å². The average Bonchev–Trinajstić information content (AvgIpc) is 2.45. The molecule has 0 radical (unpaired) electrons. The molecule has 0 aromatic rings. The summed E-state index contributed by atoms with van der Waals surface area (Å²) in [5, 5.41) is 3.79. The van der Waals surface area contributed by atoms with Crippen molar-refractivity contribution in [2.75, 3.05) is 33.4 Å². The normalized spacial score (nSPS) is 27.0. The minimum Gasteiger partial charge on any atom is -0.383 e. The lowest BCUT2D eigenvalue weighted by atomic mass is 9.67. The fourth-order valence-corrected chi connectivity index (χ4v) is 3.90. The Hall–Kier alpha value is -0.120. The monoisotopic (exact) mass is 298 g/mol. The van der Waals surface area contributed by atoms with Crippen molar-refractivity contribution in [1.82, 2.24) is 10.2 Å². The summed E-state index contributed by atoms with van der Waals surface area (Å²) >= 11 is 0. The number of hydrogen-bond donors (Lipinski definition) is 1. The van der Waals surface area contributed by atoms with Crippen LogP contribution in [0.5, 0.6) is 0 Å². The van der Waals surface area contributed by atoms with Crippen molar-refractivity contribution in [3.05, 3.63) is 0 Å². The lowest BCUT2D eigenvalue weighted by Crippen LogP contribution is -2.54. The highest BCUT2D eigenvalue weighted by Crippen LogP contribution is 2.39. The van der Waals surface area contributed by atoms with Crippen molar-refractivity contribution >= 4 is 0 Å². The zero-order valence-corrected chi connectivity index (χ0v) is 15.2. The number of hydrogen-bond acceptors (Lipinski definition) is 3. The Labute approximate surface area is 132 Å². The molecule has 3 atom stereocenters.